The largest absolute Gasteiger partial charge is 0.299 e. The molecule has 0 N–H and O–H groups in total. The molecule has 2 unspecified atom stereocenters. The first-order valence-corrected chi connectivity index (χ1v) is 5.20. The maximum atomic E-state index is 2.51. The highest BCUT2D eigenvalue weighted by atomic mass is 32.2. The Hall–Kier alpha value is 0.310. The molecule has 0 aromatic carbocycles. The van der Waals surface area contributed by atoms with Crippen molar-refractivity contribution in [2.45, 2.75) is 32.4 Å². The molecule has 1 nitrogen and oxygen atoms in total. The minimum Gasteiger partial charge on any atom is -0.299 e. The van der Waals surface area contributed by atoms with Crippen LogP contribution in [0.5, 0.6) is 0 Å². The Labute approximate surface area is 68.2 Å². The third kappa shape index (κ3) is 1.67. The van der Waals surface area contributed by atoms with Gasteiger partial charge in [0.15, 0.2) is 0 Å². The number of thioether (sulfide) groups is 1. The molecule has 1 heterocycles. The molecule has 10 heavy (non-hydrogen) atoms. The molecule has 0 bridgehead atoms. The standard InChI is InChI=1S/C8H17NS/c1-4-8-6-10-5-7(2)9(8)3/h7-8H,4-6H2,1-3H3. The summed E-state index contributed by atoms with van der Waals surface area (Å²) in [6.07, 6.45) is 1.30. The van der Waals surface area contributed by atoms with Crippen molar-refractivity contribution < 1.29 is 0 Å². The van der Waals surface area contributed by atoms with Crippen LogP contribution in [-0.4, -0.2) is 35.5 Å². The highest BCUT2D eigenvalue weighted by molar-refractivity contribution is 7.99. The summed E-state index contributed by atoms with van der Waals surface area (Å²) in [6.45, 7) is 4.59. The highest BCUT2D eigenvalue weighted by Gasteiger charge is 2.22. The number of hydrogen-bond donors (Lipinski definition) is 0. The van der Waals surface area contributed by atoms with Gasteiger partial charge in [0.2, 0.25) is 0 Å². The zero-order chi connectivity index (χ0) is 7.56. The van der Waals surface area contributed by atoms with Crippen molar-refractivity contribution in [3.8, 4) is 0 Å². The van der Waals surface area contributed by atoms with Gasteiger partial charge in [0, 0.05) is 23.6 Å². The van der Waals surface area contributed by atoms with Crippen molar-refractivity contribution in [3.05, 3.63) is 0 Å². The number of nitrogens with zero attached hydrogens (tertiary/aromatic N) is 1. The maximum Gasteiger partial charge on any atom is 0.0183 e. The fraction of sp³-hybridized carbons (Fsp3) is 1.00. The summed E-state index contributed by atoms with van der Waals surface area (Å²) in [7, 11) is 2.25. The monoisotopic (exact) mass is 159 g/mol. The van der Waals surface area contributed by atoms with E-state index in [0.717, 1.165) is 12.1 Å². The van der Waals surface area contributed by atoms with Crippen LogP contribution >= 0.6 is 11.8 Å². The Morgan fingerprint density at radius 3 is 2.70 bits per heavy atom. The highest BCUT2D eigenvalue weighted by Crippen LogP contribution is 2.21. The van der Waals surface area contributed by atoms with Gasteiger partial charge in [0.1, 0.15) is 0 Å². The first-order chi connectivity index (χ1) is 4.75. The molecular weight excluding hydrogens is 142 g/mol. The van der Waals surface area contributed by atoms with Crippen LogP contribution in [0.2, 0.25) is 0 Å². The molecule has 0 amide bonds. The van der Waals surface area contributed by atoms with E-state index in [1.54, 1.807) is 0 Å². The Bertz CT molecular complexity index is 105. The fourth-order valence-corrected chi connectivity index (χ4v) is 2.83. The topological polar surface area (TPSA) is 3.24 Å². The van der Waals surface area contributed by atoms with Crippen LogP contribution in [0, 0.1) is 0 Å². The van der Waals surface area contributed by atoms with Gasteiger partial charge in [-0.1, -0.05) is 6.92 Å². The average Bonchev–Trinajstić information content (AvgIpc) is 1.95. The molecule has 0 aromatic heterocycles. The summed E-state index contributed by atoms with van der Waals surface area (Å²) in [5, 5.41) is 0. The summed E-state index contributed by atoms with van der Waals surface area (Å²) < 4.78 is 0. The second kappa shape index (κ2) is 3.63. The van der Waals surface area contributed by atoms with Crippen molar-refractivity contribution in [1.29, 1.82) is 0 Å². The Morgan fingerprint density at radius 2 is 2.20 bits per heavy atom. The molecule has 0 spiro atoms. The van der Waals surface area contributed by atoms with Crippen LogP contribution in [0.3, 0.4) is 0 Å². The van der Waals surface area contributed by atoms with Gasteiger partial charge in [0.25, 0.3) is 0 Å². The summed E-state index contributed by atoms with van der Waals surface area (Å²) in [6, 6.07) is 1.61. The average molecular weight is 159 g/mol. The SMILES string of the molecule is CCC1CSCC(C)N1C. The lowest BCUT2D eigenvalue weighted by molar-refractivity contribution is 0.202. The molecule has 0 radical (unpaired) electrons. The van der Waals surface area contributed by atoms with Gasteiger partial charge in [-0.05, 0) is 20.4 Å². The molecule has 1 fully saturated rings. The van der Waals surface area contributed by atoms with Crippen LogP contribution in [0.15, 0.2) is 0 Å². The van der Waals surface area contributed by atoms with Crippen LogP contribution in [0.25, 0.3) is 0 Å². The molecule has 0 aromatic rings. The van der Waals surface area contributed by atoms with E-state index >= 15 is 0 Å². The van der Waals surface area contributed by atoms with E-state index in [1.165, 1.54) is 17.9 Å². The zero-order valence-electron chi connectivity index (χ0n) is 7.13. The second-order valence-electron chi connectivity index (χ2n) is 3.11. The molecule has 0 aliphatic carbocycles. The van der Waals surface area contributed by atoms with Gasteiger partial charge < -0.3 is 0 Å². The first-order valence-electron chi connectivity index (χ1n) is 4.05. The molecular formula is C8H17NS. The fourth-order valence-electron chi connectivity index (χ4n) is 1.38. The molecule has 2 heteroatoms. The van der Waals surface area contributed by atoms with Crippen LogP contribution in [-0.2, 0) is 0 Å². The molecule has 1 aliphatic rings. The Kier molecular flexibility index (Phi) is 3.05. The van der Waals surface area contributed by atoms with E-state index in [9.17, 15) is 0 Å². The van der Waals surface area contributed by atoms with Crippen molar-refractivity contribution in [2.24, 2.45) is 0 Å². The summed E-state index contributed by atoms with van der Waals surface area (Å²) >= 11 is 2.10. The Balaban J connectivity index is 2.42. The van der Waals surface area contributed by atoms with Crippen molar-refractivity contribution in [1.82, 2.24) is 4.90 Å². The Morgan fingerprint density at radius 1 is 1.50 bits per heavy atom. The molecule has 1 saturated heterocycles. The van der Waals surface area contributed by atoms with Crippen LogP contribution < -0.4 is 0 Å². The zero-order valence-corrected chi connectivity index (χ0v) is 7.95. The van der Waals surface area contributed by atoms with E-state index in [2.05, 4.69) is 37.6 Å². The van der Waals surface area contributed by atoms with Gasteiger partial charge in [-0.15, -0.1) is 0 Å². The second-order valence-corrected chi connectivity index (χ2v) is 4.19. The van der Waals surface area contributed by atoms with Gasteiger partial charge in [-0.2, -0.15) is 11.8 Å². The van der Waals surface area contributed by atoms with Gasteiger partial charge >= 0.3 is 0 Å². The first kappa shape index (κ1) is 8.41. The minimum absolute atomic E-state index is 0.781. The number of rotatable bonds is 1. The predicted octanol–water partition coefficient (Wildman–Crippen LogP) is 1.83. The quantitative estimate of drug-likeness (QED) is 0.574. The molecule has 1 rings (SSSR count). The van der Waals surface area contributed by atoms with Crippen LogP contribution in [0.4, 0.5) is 0 Å². The maximum absolute atomic E-state index is 2.51. The van der Waals surface area contributed by atoms with E-state index in [0.29, 0.717) is 0 Å². The smallest absolute Gasteiger partial charge is 0.0183 e. The third-order valence-corrected chi connectivity index (χ3v) is 3.75. The van der Waals surface area contributed by atoms with E-state index in [4.69, 9.17) is 0 Å². The summed E-state index contributed by atoms with van der Waals surface area (Å²) in [5.74, 6) is 2.64. The van der Waals surface area contributed by atoms with E-state index in [-0.39, 0.29) is 0 Å². The molecule has 1 aliphatic heterocycles. The summed E-state index contributed by atoms with van der Waals surface area (Å²) in [4.78, 5) is 2.51. The van der Waals surface area contributed by atoms with Gasteiger partial charge in [-0.25, -0.2) is 0 Å². The van der Waals surface area contributed by atoms with Crippen molar-refractivity contribution >= 4 is 11.8 Å². The minimum atomic E-state index is 0.781. The normalized spacial score (nSPS) is 36.3. The predicted molar refractivity (Wildman–Crippen MR) is 48.6 cm³/mol. The lowest BCUT2D eigenvalue weighted by atomic mass is 10.2. The van der Waals surface area contributed by atoms with E-state index in [1.807, 2.05) is 0 Å². The summed E-state index contributed by atoms with van der Waals surface area (Å²) in [5.41, 5.74) is 0. The lowest BCUT2D eigenvalue weighted by Gasteiger charge is -2.36. The van der Waals surface area contributed by atoms with Gasteiger partial charge in [-0.3, -0.25) is 4.90 Å². The van der Waals surface area contributed by atoms with E-state index < -0.39 is 0 Å². The van der Waals surface area contributed by atoms with Gasteiger partial charge in [0.05, 0.1) is 0 Å². The van der Waals surface area contributed by atoms with Crippen molar-refractivity contribution in [3.63, 3.8) is 0 Å². The molecule has 60 valence electrons. The number of hydrogen-bond acceptors (Lipinski definition) is 2. The lowest BCUT2D eigenvalue weighted by Crippen LogP contribution is -2.44. The van der Waals surface area contributed by atoms with Crippen LogP contribution in [0.1, 0.15) is 20.3 Å². The third-order valence-electron chi connectivity index (χ3n) is 2.41. The molecule has 2 atom stereocenters. The molecule has 0 saturated carbocycles. The van der Waals surface area contributed by atoms with Crippen molar-refractivity contribution in [2.75, 3.05) is 18.6 Å².